The van der Waals surface area contributed by atoms with Crippen LogP contribution in [0.25, 0.3) is 0 Å². The van der Waals surface area contributed by atoms with Gasteiger partial charge in [-0.15, -0.1) is 0 Å². The van der Waals surface area contributed by atoms with E-state index in [0.717, 1.165) is 5.56 Å². The van der Waals surface area contributed by atoms with Crippen LogP contribution >= 0.6 is 0 Å². The molecule has 5 heteroatoms. The van der Waals surface area contributed by atoms with Crippen LogP contribution in [0.4, 0.5) is 0 Å². The summed E-state index contributed by atoms with van der Waals surface area (Å²) in [5.74, 6) is -2.65. The highest BCUT2D eigenvalue weighted by Crippen LogP contribution is 2.50. The van der Waals surface area contributed by atoms with Crippen LogP contribution in [0.2, 0.25) is 0 Å². The second-order valence-electron chi connectivity index (χ2n) is 6.21. The first-order valence-electron chi connectivity index (χ1n) is 8.35. The number of benzene rings is 1. The van der Waals surface area contributed by atoms with Gasteiger partial charge in [0.2, 0.25) is 0 Å². The summed E-state index contributed by atoms with van der Waals surface area (Å²) < 4.78 is 0. The maximum Gasteiger partial charge on any atom is 0.322 e. The zero-order valence-electron chi connectivity index (χ0n) is 14.5. The minimum absolute atomic E-state index is 0.123. The zero-order valence-corrected chi connectivity index (χ0v) is 14.5. The lowest BCUT2D eigenvalue weighted by atomic mass is 9.55. The maximum absolute atomic E-state index is 12.4. The molecule has 0 fully saturated rings. The van der Waals surface area contributed by atoms with E-state index in [1.807, 2.05) is 44.2 Å². The fraction of sp³-hybridized carbons (Fsp3) is 0.350. The van der Waals surface area contributed by atoms with Crippen molar-refractivity contribution >= 4 is 11.9 Å². The van der Waals surface area contributed by atoms with Gasteiger partial charge in [-0.25, -0.2) is 0 Å². The van der Waals surface area contributed by atoms with Gasteiger partial charge in [0.1, 0.15) is 0 Å². The molecule has 0 aliphatic rings. The minimum Gasteiger partial charge on any atom is -0.480 e. The third-order valence-corrected chi connectivity index (χ3v) is 5.27. The highest BCUT2D eigenvalue weighted by Gasteiger charge is 2.61. The van der Waals surface area contributed by atoms with Crippen molar-refractivity contribution < 1.29 is 19.8 Å². The number of rotatable bonds is 8. The molecule has 0 amide bonds. The first-order chi connectivity index (χ1) is 11.9. The number of carboxylic acid groups (broad SMARTS) is 2. The molecule has 1 aromatic heterocycles. The molecule has 0 saturated heterocycles. The van der Waals surface area contributed by atoms with Gasteiger partial charge in [0.05, 0.1) is 0 Å². The van der Waals surface area contributed by atoms with E-state index in [2.05, 4.69) is 4.98 Å². The van der Waals surface area contributed by atoms with Crippen molar-refractivity contribution in [2.45, 2.75) is 38.5 Å². The Morgan fingerprint density at radius 1 is 0.960 bits per heavy atom. The van der Waals surface area contributed by atoms with Crippen molar-refractivity contribution in [2.75, 3.05) is 0 Å². The smallest absolute Gasteiger partial charge is 0.322 e. The third kappa shape index (κ3) is 3.02. The molecule has 1 aromatic carbocycles. The summed E-state index contributed by atoms with van der Waals surface area (Å²) in [6, 6.07) is 12.5. The Morgan fingerprint density at radius 2 is 1.56 bits per heavy atom. The molecule has 1 heterocycles. The lowest BCUT2D eigenvalue weighted by molar-refractivity contribution is -0.172. The summed E-state index contributed by atoms with van der Waals surface area (Å²) in [6.07, 6.45) is 3.78. The van der Waals surface area contributed by atoms with Crippen molar-refractivity contribution in [3.05, 3.63) is 66.0 Å². The number of nitrogens with zero attached hydrogens (tertiary/aromatic N) is 1. The number of aliphatic carboxylic acids is 2. The van der Waals surface area contributed by atoms with Crippen molar-refractivity contribution in [1.82, 2.24) is 4.98 Å². The van der Waals surface area contributed by atoms with Crippen LogP contribution in [-0.2, 0) is 21.4 Å². The number of carboxylic acids is 2. The summed E-state index contributed by atoms with van der Waals surface area (Å²) in [5, 5.41) is 20.2. The predicted molar refractivity (Wildman–Crippen MR) is 94.3 cm³/mol. The molecular formula is C20H23NO4. The Kier molecular flexibility index (Phi) is 5.57. The van der Waals surface area contributed by atoms with Gasteiger partial charge in [-0.3, -0.25) is 14.6 Å². The quantitative estimate of drug-likeness (QED) is 0.717. The minimum atomic E-state index is -1.99. The first kappa shape index (κ1) is 18.6. The fourth-order valence-corrected chi connectivity index (χ4v) is 3.90. The van der Waals surface area contributed by atoms with Gasteiger partial charge < -0.3 is 10.2 Å². The highest BCUT2D eigenvalue weighted by molar-refractivity contribution is 6.00. The summed E-state index contributed by atoms with van der Waals surface area (Å²) in [6.45, 7) is 3.70. The van der Waals surface area contributed by atoms with Gasteiger partial charge in [-0.1, -0.05) is 50.2 Å². The van der Waals surface area contributed by atoms with Crippen LogP contribution in [0.1, 0.15) is 37.8 Å². The van der Waals surface area contributed by atoms with E-state index in [-0.39, 0.29) is 6.42 Å². The Bertz CT molecular complexity index is 710. The average Bonchev–Trinajstić information content (AvgIpc) is 2.63. The second-order valence-corrected chi connectivity index (χ2v) is 6.21. The van der Waals surface area contributed by atoms with Crippen LogP contribution in [0.3, 0.4) is 0 Å². The number of carbonyl (C=O) groups is 2. The monoisotopic (exact) mass is 341 g/mol. The molecule has 0 aliphatic carbocycles. The number of pyridine rings is 1. The molecule has 0 aliphatic heterocycles. The Balaban J connectivity index is 2.75. The van der Waals surface area contributed by atoms with Gasteiger partial charge >= 0.3 is 11.9 Å². The van der Waals surface area contributed by atoms with Crippen LogP contribution in [0, 0.1) is 5.41 Å². The zero-order chi connectivity index (χ0) is 18.5. The summed E-state index contributed by atoms with van der Waals surface area (Å²) >= 11 is 0. The molecule has 0 bridgehead atoms. The lowest BCUT2D eigenvalue weighted by Gasteiger charge is -2.45. The standard InChI is InChI=1S/C20H23NO4/c1-3-19(4-2,16-10-6-5-7-11-16)20(17(22)23,18(24)25)13-15-9-8-12-21-14-15/h5-12,14H,3-4,13H2,1-2H3,(H,22,23)(H,24,25). The van der Waals surface area contributed by atoms with Gasteiger partial charge in [0.25, 0.3) is 0 Å². The molecule has 2 N–H and O–H groups in total. The van der Waals surface area contributed by atoms with Gasteiger partial charge in [0.15, 0.2) is 5.41 Å². The SMILES string of the molecule is CCC(CC)(c1ccccc1)C(Cc1cccnc1)(C(=O)O)C(=O)O. The summed E-state index contributed by atoms with van der Waals surface area (Å²) in [4.78, 5) is 28.8. The van der Waals surface area contributed by atoms with Crippen molar-refractivity contribution in [3.63, 3.8) is 0 Å². The lowest BCUT2D eigenvalue weighted by Crippen LogP contribution is -2.57. The van der Waals surface area contributed by atoms with Crippen molar-refractivity contribution in [2.24, 2.45) is 5.41 Å². The molecule has 0 spiro atoms. The summed E-state index contributed by atoms with van der Waals surface area (Å²) in [5.41, 5.74) is -1.70. The maximum atomic E-state index is 12.4. The van der Waals surface area contributed by atoms with Crippen molar-refractivity contribution in [3.8, 4) is 0 Å². The highest BCUT2D eigenvalue weighted by atomic mass is 16.4. The Morgan fingerprint density at radius 3 is 2.00 bits per heavy atom. The Labute approximate surface area is 147 Å². The molecule has 0 saturated carbocycles. The van der Waals surface area contributed by atoms with E-state index in [4.69, 9.17) is 0 Å². The summed E-state index contributed by atoms with van der Waals surface area (Å²) in [7, 11) is 0. The molecular weight excluding hydrogens is 318 g/mol. The molecule has 2 aromatic rings. The van der Waals surface area contributed by atoms with E-state index < -0.39 is 22.8 Å². The second kappa shape index (κ2) is 7.47. The van der Waals surface area contributed by atoms with E-state index in [1.54, 1.807) is 18.3 Å². The van der Waals surface area contributed by atoms with Crippen LogP contribution in [-0.4, -0.2) is 27.1 Å². The molecule has 132 valence electrons. The van der Waals surface area contributed by atoms with Crippen LogP contribution in [0.5, 0.6) is 0 Å². The molecule has 5 nitrogen and oxygen atoms in total. The van der Waals surface area contributed by atoms with Crippen molar-refractivity contribution in [1.29, 1.82) is 0 Å². The number of hydrogen-bond acceptors (Lipinski definition) is 3. The fourth-order valence-electron chi connectivity index (χ4n) is 3.90. The molecule has 2 rings (SSSR count). The van der Waals surface area contributed by atoms with Crippen LogP contribution in [0.15, 0.2) is 54.9 Å². The number of aromatic nitrogens is 1. The largest absolute Gasteiger partial charge is 0.480 e. The predicted octanol–water partition coefficient (Wildman–Crippen LogP) is 3.54. The van der Waals surface area contributed by atoms with E-state index in [0.29, 0.717) is 18.4 Å². The third-order valence-electron chi connectivity index (χ3n) is 5.27. The van der Waals surface area contributed by atoms with E-state index in [1.165, 1.54) is 6.20 Å². The molecule has 0 atom stereocenters. The van der Waals surface area contributed by atoms with Gasteiger partial charge in [-0.05, 0) is 30.0 Å². The van der Waals surface area contributed by atoms with Gasteiger partial charge in [0, 0.05) is 24.2 Å². The van der Waals surface area contributed by atoms with Crippen LogP contribution < -0.4 is 0 Å². The molecule has 0 unspecified atom stereocenters. The normalized spacial score (nSPS) is 11.9. The average molecular weight is 341 g/mol. The molecule has 0 radical (unpaired) electrons. The molecule has 25 heavy (non-hydrogen) atoms. The number of hydrogen-bond donors (Lipinski definition) is 2. The van der Waals surface area contributed by atoms with E-state index in [9.17, 15) is 19.8 Å². The van der Waals surface area contributed by atoms with Gasteiger partial charge in [-0.2, -0.15) is 0 Å². The Hall–Kier alpha value is -2.69. The first-order valence-corrected chi connectivity index (χ1v) is 8.35. The topological polar surface area (TPSA) is 87.5 Å². The van der Waals surface area contributed by atoms with E-state index >= 15 is 0 Å².